The number of pyridine rings is 1. The van der Waals surface area contributed by atoms with E-state index in [9.17, 15) is 0 Å². The molecule has 176 valence electrons. The average molecular weight is 461 g/mol. The summed E-state index contributed by atoms with van der Waals surface area (Å²) < 4.78 is 0. The normalized spacial score (nSPS) is 11.9. The van der Waals surface area contributed by atoms with Gasteiger partial charge in [-0.2, -0.15) is 0 Å². The summed E-state index contributed by atoms with van der Waals surface area (Å²) in [6.07, 6.45) is 3.84. The zero-order valence-corrected chi connectivity index (χ0v) is 21.6. The summed E-state index contributed by atoms with van der Waals surface area (Å²) in [6.45, 7) is 15.1. The van der Waals surface area contributed by atoms with Crippen molar-refractivity contribution in [3.63, 3.8) is 0 Å². The van der Waals surface area contributed by atoms with Crippen molar-refractivity contribution in [3.05, 3.63) is 95.1 Å². The largest absolute Gasteiger partial charge is 0.309 e. The highest BCUT2D eigenvalue weighted by Gasteiger charge is 2.23. The summed E-state index contributed by atoms with van der Waals surface area (Å²) in [7, 11) is 0. The number of para-hydroxylation sites is 2. The van der Waals surface area contributed by atoms with Crippen molar-refractivity contribution in [1.82, 2.24) is 15.0 Å². The van der Waals surface area contributed by atoms with Crippen molar-refractivity contribution in [2.75, 3.05) is 4.90 Å². The number of hydrogen-bond acceptors (Lipinski definition) is 4. The molecular formula is C31H32N4. The second kappa shape index (κ2) is 8.46. The van der Waals surface area contributed by atoms with Crippen molar-refractivity contribution in [3.8, 4) is 0 Å². The Bertz CT molecular complexity index is 1490. The molecular weight excluding hydrogens is 428 g/mol. The van der Waals surface area contributed by atoms with Crippen LogP contribution in [0.1, 0.15) is 48.8 Å². The van der Waals surface area contributed by atoms with Gasteiger partial charge >= 0.3 is 0 Å². The Morgan fingerprint density at radius 3 is 1.77 bits per heavy atom. The number of rotatable bonds is 3. The SMILES string of the molecule is Cc1cccc(C)c1N(c1c(C)cccc1C)c1ccnc2c1ccc1nc(C(C)(C)C)ncc12. The number of aromatic nitrogens is 3. The van der Waals surface area contributed by atoms with E-state index in [4.69, 9.17) is 15.0 Å². The fourth-order valence-electron chi connectivity index (χ4n) is 4.93. The monoisotopic (exact) mass is 460 g/mol. The van der Waals surface area contributed by atoms with E-state index in [0.29, 0.717) is 0 Å². The molecule has 0 aliphatic heterocycles. The number of aryl methyl sites for hydroxylation is 4. The van der Waals surface area contributed by atoms with E-state index in [1.54, 1.807) is 0 Å². The van der Waals surface area contributed by atoms with Gasteiger partial charge in [0.05, 0.1) is 28.1 Å². The molecule has 2 aromatic heterocycles. The molecule has 0 saturated carbocycles. The fourth-order valence-corrected chi connectivity index (χ4v) is 4.93. The topological polar surface area (TPSA) is 41.9 Å². The minimum atomic E-state index is -0.111. The first-order valence-corrected chi connectivity index (χ1v) is 12.1. The highest BCUT2D eigenvalue weighted by molar-refractivity contribution is 6.09. The molecule has 0 radical (unpaired) electrons. The molecule has 5 aromatic rings. The summed E-state index contributed by atoms with van der Waals surface area (Å²) >= 11 is 0. The molecule has 35 heavy (non-hydrogen) atoms. The molecule has 0 amide bonds. The van der Waals surface area contributed by atoms with Gasteiger partial charge in [-0.3, -0.25) is 4.98 Å². The van der Waals surface area contributed by atoms with Gasteiger partial charge in [0.2, 0.25) is 0 Å². The van der Waals surface area contributed by atoms with Gasteiger partial charge < -0.3 is 4.90 Å². The molecule has 0 spiro atoms. The molecule has 4 nitrogen and oxygen atoms in total. The molecule has 0 aliphatic carbocycles. The van der Waals surface area contributed by atoms with Crippen LogP contribution in [-0.4, -0.2) is 15.0 Å². The molecule has 4 heteroatoms. The van der Waals surface area contributed by atoms with Gasteiger partial charge in [-0.1, -0.05) is 57.2 Å². The molecule has 0 N–H and O–H groups in total. The Morgan fingerprint density at radius 2 is 1.23 bits per heavy atom. The zero-order chi connectivity index (χ0) is 24.9. The molecule has 0 unspecified atom stereocenters. The minimum Gasteiger partial charge on any atom is -0.309 e. The molecule has 0 bridgehead atoms. The lowest BCUT2D eigenvalue weighted by molar-refractivity contribution is 0.548. The van der Waals surface area contributed by atoms with E-state index in [2.05, 4.69) is 108 Å². The third kappa shape index (κ3) is 3.93. The quantitative estimate of drug-likeness (QED) is 0.255. The minimum absolute atomic E-state index is 0.111. The van der Waals surface area contributed by atoms with Crippen LogP contribution in [0.15, 0.2) is 67.0 Å². The van der Waals surface area contributed by atoms with Gasteiger partial charge in [0.1, 0.15) is 5.82 Å². The van der Waals surface area contributed by atoms with Crippen molar-refractivity contribution in [2.45, 2.75) is 53.9 Å². The van der Waals surface area contributed by atoms with E-state index in [1.165, 1.54) is 33.6 Å². The van der Waals surface area contributed by atoms with E-state index in [1.807, 2.05) is 12.4 Å². The predicted octanol–water partition coefficient (Wildman–Crippen LogP) is 8.18. The van der Waals surface area contributed by atoms with Crippen LogP contribution in [0.4, 0.5) is 17.1 Å². The highest BCUT2D eigenvalue weighted by atomic mass is 15.2. The van der Waals surface area contributed by atoms with Crippen LogP contribution in [0.2, 0.25) is 0 Å². The van der Waals surface area contributed by atoms with Crippen LogP contribution in [0.5, 0.6) is 0 Å². The van der Waals surface area contributed by atoms with Gasteiger partial charge in [-0.25, -0.2) is 9.97 Å². The van der Waals surface area contributed by atoms with E-state index >= 15 is 0 Å². The first-order valence-electron chi connectivity index (χ1n) is 12.1. The second-order valence-corrected chi connectivity index (χ2v) is 10.5. The lowest BCUT2D eigenvalue weighted by Crippen LogP contribution is -2.16. The maximum atomic E-state index is 4.88. The summed E-state index contributed by atoms with van der Waals surface area (Å²) in [5.74, 6) is 0.841. The average Bonchev–Trinajstić information content (AvgIpc) is 2.81. The molecule has 0 atom stereocenters. The van der Waals surface area contributed by atoms with Crippen LogP contribution < -0.4 is 4.90 Å². The summed E-state index contributed by atoms with van der Waals surface area (Å²) in [5, 5.41) is 2.05. The van der Waals surface area contributed by atoms with Crippen LogP contribution in [-0.2, 0) is 5.41 Å². The summed E-state index contributed by atoms with van der Waals surface area (Å²) in [5.41, 5.74) is 10.2. The second-order valence-electron chi connectivity index (χ2n) is 10.5. The molecule has 0 saturated heterocycles. The number of nitrogens with zero attached hydrogens (tertiary/aromatic N) is 4. The first-order chi connectivity index (χ1) is 16.7. The van der Waals surface area contributed by atoms with Gasteiger partial charge in [-0.15, -0.1) is 0 Å². The van der Waals surface area contributed by atoms with Gasteiger partial charge in [-0.05, 0) is 68.1 Å². The van der Waals surface area contributed by atoms with Crippen molar-refractivity contribution >= 4 is 38.9 Å². The van der Waals surface area contributed by atoms with Crippen LogP contribution in [0, 0.1) is 27.7 Å². The van der Waals surface area contributed by atoms with E-state index in [0.717, 1.165) is 33.3 Å². The zero-order valence-electron chi connectivity index (χ0n) is 21.6. The van der Waals surface area contributed by atoms with Crippen molar-refractivity contribution in [1.29, 1.82) is 0 Å². The van der Waals surface area contributed by atoms with Crippen molar-refractivity contribution < 1.29 is 0 Å². The number of anilines is 3. The van der Waals surface area contributed by atoms with Gasteiger partial charge in [0.25, 0.3) is 0 Å². The number of fused-ring (bicyclic) bond motifs is 3. The van der Waals surface area contributed by atoms with Crippen molar-refractivity contribution in [2.24, 2.45) is 0 Å². The lowest BCUT2D eigenvalue weighted by atomic mass is 9.95. The Labute approximate surface area is 207 Å². The lowest BCUT2D eigenvalue weighted by Gasteiger charge is -2.32. The Morgan fingerprint density at radius 1 is 0.657 bits per heavy atom. The molecule has 5 rings (SSSR count). The van der Waals surface area contributed by atoms with E-state index in [-0.39, 0.29) is 5.41 Å². The Kier molecular flexibility index (Phi) is 5.55. The Hall–Kier alpha value is -3.79. The molecule has 3 aromatic carbocycles. The van der Waals surface area contributed by atoms with E-state index < -0.39 is 0 Å². The van der Waals surface area contributed by atoms with Gasteiger partial charge in [0, 0.05) is 28.6 Å². The Balaban J connectivity index is 1.85. The van der Waals surface area contributed by atoms with Crippen LogP contribution >= 0.6 is 0 Å². The predicted molar refractivity (Wildman–Crippen MR) is 147 cm³/mol. The number of benzene rings is 3. The standard InChI is InChI=1S/C31H32N4/c1-19-10-8-11-20(2)28(19)35(29-21(3)12-9-13-22(29)4)26-16-17-32-27-23(26)14-15-25-24(27)18-33-30(34-25)31(5,6)7/h8-18H,1-7H3. The summed E-state index contributed by atoms with van der Waals surface area (Å²) in [6, 6.07) is 19.4. The smallest absolute Gasteiger partial charge is 0.134 e. The molecule has 0 aliphatic rings. The van der Waals surface area contributed by atoms with Gasteiger partial charge in [0.15, 0.2) is 0 Å². The first kappa shape index (κ1) is 23.0. The van der Waals surface area contributed by atoms with Crippen LogP contribution in [0.25, 0.3) is 21.8 Å². The molecule has 0 fully saturated rings. The third-order valence-electron chi connectivity index (χ3n) is 6.69. The number of hydrogen-bond donors (Lipinski definition) is 0. The maximum absolute atomic E-state index is 4.88. The van der Waals surface area contributed by atoms with Crippen LogP contribution in [0.3, 0.4) is 0 Å². The maximum Gasteiger partial charge on any atom is 0.134 e. The fraction of sp³-hybridized carbons (Fsp3) is 0.258. The third-order valence-corrected chi connectivity index (χ3v) is 6.69. The molecule has 2 heterocycles. The highest BCUT2D eigenvalue weighted by Crippen LogP contribution is 2.44. The summed E-state index contributed by atoms with van der Waals surface area (Å²) in [4.78, 5) is 16.8.